The monoisotopic (exact) mass is 226 g/mol. The number of primary amides is 1. The molecule has 1 aliphatic heterocycles. The third-order valence-corrected chi connectivity index (χ3v) is 3.07. The molecule has 16 heavy (non-hydrogen) atoms. The molecule has 5 nitrogen and oxygen atoms in total. The number of fused-ring (bicyclic) bond motifs is 1. The Labute approximate surface area is 94.9 Å². The van der Waals surface area contributed by atoms with Crippen LogP contribution in [0.2, 0.25) is 0 Å². The fraction of sp³-hybridized carbons (Fsp3) is 0.818. The van der Waals surface area contributed by atoms with E-state index in [4.69, 9.17) is 10.5 Å². The number of likely N-dealkylation sites (tertiary alicyclic amines) is 1. The van der Waals surface area contributed by atoms with Crippen LogP contribution in [0, 0.1) is 11.8 Å². The summed E-state index contributed by atoms with van der Waals surface area (Å²) < 4.78 is 5.25. The van der Waals surface area contributed by atoms with Crippen LogP contribution in [0.5, 0.6) is 0 Å². The quantitative estimate of drug-likeness (QED) is 0.716. The van der Waals surface area contributed by atoms with Crippen LogP contribution in [-0.4, -0.2) is 35.1 Å². The molecule has 2 amide bonds. The number of amides is 2. The molecular formula is C11H18N2O3. The third kappa shape index (κ3) is 1.99. The Morgan fingerprint density at radius 2 is 2.00 bits per heavy atom. The zero-order valence-electron chi connectivity index (χ0n) is 9.90. The number of hydrogen-bond acceptors (Lipinski definition) is 3. The second kappa shape index (κ2) is 3.37. The summed E-state index contributed by atoms with van der Waals surface area (Å²) in [5, 5.41) is 0. The van der Waals surface area contributed by atoms with Crippen molar-refractivity contribution < 1.29 is 14.3 Å². The molecular weight excluding hydrogens is 208 g/mol. The van der Waals surface area contributed by atoms with Crippen molar-refractivity contribution in [3.8, 4) is 0 Å². The normalized spacial score (nSPS) is 32.2. The van der Waals surface area contributed by atoms with Gasteiger partial charge in [0.1, 0.15) is 11.6 Å². The van der Waals surface area contributed by atoms with Crippen LogP contribution in [0.3, 0.4) is 0 Å². The fourth-order valence-corrected chi connectivity index (χ4v) is 2.34. The Morgan fingerprint density at radius 3 is 2.50 bits per heavy atom. The Hall–Kier alpha value is -1.26. The van der Waals surface area contributed by atoms with Gasteiger partial charge in [0.2, 0.25) is 5.91 Å². The molecule has 0 aromatic rings. The van der Waals surface area contributed by atoms with E-state index in [1.54, 1.807) is 20.8 Å². The summed E-state index contributed by atoms with van der Waals surface area (Å²) in [4.78, 5) is 24.6. The molecule has 0 radical (unpaired) electrons. The van der Waals surface area contributed by atoms with Crippen molar-refractivity contribution in [2.75, 3.05) is 6.54 Å². The van der Waals surface area contributed by atoms with Crippen molar-refractivity contribution >= 4 is 12.0 Å². The molecule has 0 aromatic carbocycles. The Bertz CT molecular complexity index is 335. The average molecular weight is 226 g/mol. The lowest BCUT2D eigenvalue weighted by molar-refractivity contribution is -0.123. The highest BCUT2D eigenvalue weighted by atomic mass is 16.6. The number of hydrogen-bond donors (Lipinski definition) is 1. The van der Waals surface area contributed by atoms with E-state index >= 15 is 0 Å². The van der Waals surface area contributed by atoms with Crippen LogP contribution in [0.4, 0.5) is 4.79 Å². The van der Waals surface area contributed by atoms with Gasteiger partial charge in [-0.05, 0) is 39.0 Å². The minimum atomic E-state index is -0.536. The van der Waals surface area contributed by atoms with E-state index in [1.165, 1.54) is 4.90 Å². The number of nitrogens with zero attached hydrogens (tertiary/aromatic N) is 1. The largest absolute Gasteiger partial charge is 0.444 e. The van der Waals surface area contributed by atoms with E-state index in [2.05, 4.69) is 0 Å². The summed E-state index contributed by atoms with van der Waals surface area (Å²) in [6, 6.07) is -0.458. The van der Waals surface area contributed by atoms with Gasteiger partial charge in [-0.1, -0.05) is 0 Å². The second-order valence-electron chi connectivity index (χ2n) is 5.64. The van der Waals surface area contributed by atoms with Gasteiger partial charge in [0.25, 0.3) is 0 Å². The number of ether oxygens (including phenoxy) is 1. The molecule has 1 aliphatic carbocycles. The topological polar surface area (TPSA) is 72.6 Å². The number of piperidine rings is 1. The smallest absolute Gasteiger partial charge is 0.410 e. The zero-order valence-corrected chi connectivity index (χ0v) is 9.90. The van der Waals surface area contributed by atoms with Crippen molar-refractivity contribution in [3.05, 3.63) is 0 Å². The van der Waals surface area contributed by atoms with Crippen LogP contribution in [-0.2, 0) is 9.53 Å². The van der Waals surface area contributed by atoms with Crippen LogP contribution >= 0.6 is 0 Å². The predicted octanol–water partition coefficient (Wildman–Crippen LogP) is 0.727. The standard InChI is InChI=1S/C11H18N2O3/c1-11(2,3)16-10(15)13-5-6-4-7(6)8(13)9(12)14/h6-8H,4-5H2,1-3H3,(H2,12,14)/t6?,7?,8-/m1/s1. The number of rotatable bonds is 1. The average Bonchev–Trinajstić information content (AvgIpc) is 2.73. The van der Waals surface area contributed by atoms with Crippen LogP contribution in [0.15, 0.2) is 0 Å². The van der Waals surface area contributed by atoms with Crippen LogP contribution in [0.25, 0.3) is 0 Å². The van der Waals surface area contributed by atoms with Crippen LogP contribution in [0.1, 0.15) is 27.2 Å². The minimum absolute atomic E-state index is 0.269. The Kier molecular flexibility index (Phi) is 2.36. The van der Waals surface area contributed by atoms with Crippen molar-refractivity contribution in [1.82, 2.24) is 4.90 Å². The Balaban J connectivity index is 2.04. The van der Waals surface area contributed by atoms with E-state index in [0.717, 1.165) is 6.42 Å². The number of nitrogens with two attached hydrogens (primary N) is 1. The van der Waals surface area contributed by atoms with Gasteiger partial charge in [-0.15, -0.1) is 0 Å². The van der Waals surface area contributed by atoms with Gasteiger partial charge >= 0.3 is 6.09 Å². The van der Waals surface area contributed by atoms with E-state index < -0.39 is 23.6 Å². The maximum atomic E-state index is 11.8. The first-order chi connectivity index (χ1) is 7.29. The zero-order chi connectivity index (χ0) is 12.1. The molecule has 90 valence electrons. The molecule has 2 rings (SSSR count). The van der Waals surface area contributed by atoms with Crippen LogP contribution < -0.4 is 5.73 Å². The summed E-state index contributed by atoms with van der Waals surface area (Å²) in [5.74, 6) is 0.297. The van der Waals surface area contributed by atoms with Gasteiger partial charge in [-0.2, -0.15) is 0 Å². The lowest BCUT2D eigenvalue weighted by Gasteiger charge is -2.28. The molecule has 2 aliphatic rings. The number of carbonyl (C=O) groups is 2. The summed E-state index contributed by atoms with van der Waals surface area (Å²) in [6.07, 6.45) is 0.580. The van der Waals surface area contributed by atoms with Crippen molar-refractivity contribution in [1.29, 1.82) is 0 Å². The third-order valence-electron chi connectivity index (χ3n) is 3.07. The first kappa shape index (κ1) is 11.2. The molecule has 5 heteroatoms. The maximum absolute atomic E-state index is 11.8. The minimum Gasteiger partial charge on any atom is -0.444 e. The maximum Gasteiger partial charge on any atom is 0.410 e. The highest BCUT2D eigenvalue weighted by molar-refractivity contribution is 5.86. The van der Waals surface area contributed by atoms with Gasteiger partial charge < -0.3 is 10.5 Å². The fourth-order valence-electron chi connectivity index (χ4n) is 2.34. The molecule has 0 spiro atoms. The molecule has 2 fully saturated rings. The summed E-state index contributed by atoms with van der Waals surface area (Å²) in [7, 11) is 0. The summed E-state index contributed by atoms with van der Waals surface area (Å²) in [6.45, 7) is 6.02. The van der Waals surface area contributed by atoms with Gasteiger partial charge in [-0.3, -0.25) is 9.69 Å². The lowest BCUT2D eigenvalue weighted by Crippen LogP contribution is -2.48. The summed E-state index contributed by atoms with van der Waals surface area (Å²) in [5.41, 5.74) is 4.78. The van der Waals surface area contributed by atoms with Crippen molar-refractivity contribution in [2.45, 2.75) is 38.8 Å². The van der Waals surface area contributed by atoms with Gasteiger partial charge in [0.15, 0.2) is 0 Å². The first-order valence-corrected chi connectivity index (χ1v) is 5.58. The molecule has 1 saturated heterocycles. The molecule has 1 heterocycles. The van der Waals surface area contributed by atoms with Gasteiger partial charge in [0, 0.05) is 6.54 Å². The molecule has 0 aromatic heterocycles. The lowest BCUT2D eigenvalue weighted by atomic mass is 10.2. The molecule has 3 atom stereocenters. The SMILES string of the molecule is CC(C)(C)OC(=O)N1CC2CC2[C@@H]1C(N)=O. The van der Waals surface area contributed by atoms with E-state index in [1.807, 2.05) is 0 Å². The highest BCUT2D eigenvalue weighted by Gasteiger charge is 2.57. The molecule has 0 bridgehead atoms. The van der Waals surface area contributed by atoms with E-state index in [0.29, 0.717) is 12.5 Å². The van der Waals surface area contributed by atoms with E-state index in [9.17, 15) is 9.59 Å². The summed E-state index contributed by atoms with van der Waals surface area (Å²) >= 11 is 0. The van der Waals surface area contributed by atoms with Gasteiger partial charge in [-0.25, -0.2) is 4.79 Å². The van der Waals surface area contributed by atoms with Gasteiger partial charge in [0.05, 0.1) is 0 Å². The Morgan fingerprint density at radius 1 is 1.38 bits per heavy atom. The second-order valence-corrected chi connectivity index (χ2v) is 5.64. The van der Waals surface area contributed by atoms with Crippen molar-refractivity contribution in [2.24, 2.45) is 17.6 Å². The number of carbonyl (C=O) groups excluding carboxylic acids is 2. The molecule has 2 unspecified atom stereocenters. The molecule has 2 N–H and O–H groups in total. The van der Waals surface area contributed by atoms with E-state index in [-0.39, 0.29) is 5.92 Å². The van der Waals surface area contributed by atoms with Crippen molar-refractivity contribution in [3.63, 3.8) is 0 Å². The first-order valence-electron chi connectivity index (χ1n) is 5.58. The molecule has 1 saturated carbocycles. The highest BCUT2D eigenvalue weighted by Crippen LogP contribution is 2.49. The predicted molar refractivity (Wildman–Crippen MR) is 57.5 cm³/mol.